The van der Waals surface area contributed by atoms with Crippen LogP contribution >= 0.6 is 0 Å². The van der Waals surface area contributed by atoms with Crippen LogP contribution in [0, 0.1) is 16.7 Å². The normalized spacial score (nSPS) is 28.2. The van der Waals surface area contributed by atoms with Crippen molar-refractivity contribution in [2.75, 3.05) is 0 Å². The molecule has 3 aromatic rings. The predicted molar refractivity (Wildman–Crippen MR) is 155 cm³/mol. The lowest BCUT2D eigenvalue weighted by Crippen LogP contribution is -2.62. The molecule has 9 heteroatoms. The molecule has 42 heavy (non-hydrogen) atoms. The molecule has 1 saturated carbocycles. The van der Waals surface area contributed by atoms with Gasteiger partial charge in [-0.3, -0.25) is 9.59 Å². The second-order valence-electron chi connectivity index (χ2n) is 12.2. The molecule has 214 valence electrons. The van der Waals surface area contributed by atoms with Gasteiger partial charge in [-0.25, -0.2) is 23.5 Å². The second-order valence-corrected chi connectivity index (χ2v) is 12.2. The lowest BCUT2D eigenvalue weighted by molar-refractivity contribution is -0.153. The number of hydrogen-bond donors (Lipinski definition) is 1. The van der Waals surface area contributed by atoms with Gasteiger partial charge >= 0.3 is 11.4 Å². The van der Waals surface area contributed by atoms with E-state index in [1.54, 1.807) is 62.6 Å². The molecule has 9 nitrogen and oxygen atoms in total. The number of hydrogen-bond acceptors (Lipinski definition) is 6. The number of carbonyl (C=O) groups excluding carboxylic acids is 2. The number of rotatable bonds is 2. The van der Waals surface area contributed by atoms with E-state index in [4.69, 9.17) is 4.74 Å². The first kappa shape index (κ1) is 26.3. The van der Waals surface area contributed by atoms with E-state index in [1.165, 1.54) is 9.36 Å². The Morgan fingerprint density at radius 1 is 0.929 bits per heavy atom. The molecule has 4 aliphatic rings. The molecule has 0 spiro atoms. The Bertz CT molecular complexity index is 1940. The Morgan fingerprint density at radius 3 is 2.38 bits per heavy atom. The molecule has 0 amide bonds. The van der Waals surface area contributed by atoms with Gasteiger partial charge in [0.25, 0.3) is 0 Å². The van der Waals surface area contributed by atoms with Crippen LogP contribution in [0.4, 0.5) is 0 Å². The molecule has 1 fully saturated rings. The predicted octanol–water partition coefficient (Wildman–Crippen LogP) is 4.03. The topological polar surface area (TPSA) is 113 Å². The van der Waals surface area contributed by atoms with Crippen molar-refractivity contribution in [2.24, 2.45) is 16.7 Å². The van der Waals surface area contributed by atoms with Crippen LogP contribution in [-0.2, 0) is 22.6 Å². The number of nitrogens with zero attached hydrogens (tertiary/aromatic N) is 3. The smallest absolute Gasteiger partial charge is 0.352 e. The maximum Gasteiger partial charge on any atom is 0.352 e. The van der Waals surface area contributed by atoms with Crippen LogP contribution in [0.25, 0.3) is 5.69 Å². The number of aromatic hydroxyl groups is 1. The number of fused-ring (bicyclic) bond motifs is 5. The first-order chi connectivity index (χ1) is 20.0. The van der Waals surface area contributed by atoms with Crippen molar-refractivity contribution >= 4 is 11.6 Å². The third kappa shape index (κ3) is 3.19. The fourth-order valence-electron chi connectivity index (χ4n) is 7.82. The van der Waals surface area contributed by atoms with Gasteiger partial charge < -0.3 is 9.84 Å². The first-order valence-corrected chi connectivity index (χ1v) is 14.1. The molecule has 7 rings (SSSR count). The fourth-order valence-corrected chi connectivity index (χ4v) is 7.82. The van der Waals surface area contributed by atoms with Crippen LogP contribution in [0.1, 0.15) is 45.7 Å². The zero-order chi connectivity index (χ0) is 29.7. The minimum atomic E-state index is -1.17. The molecule has 3 heterocycles. The third-order valence-electron chi connectivity index (χ3n) is 10.3. The third-order valence-corrected chi connectivity index (χ3v) is 10.3. The minimum Gasteiger partial charge on any atom is -0.508 e. The summed E-state index contributed by atoms with van der Waals surface area (Å²) in [6.07, 6.45) is 4.16. The van der Waals surface area contributed by atoms with Crippen molar-refractivity contribution < 1.29 is 19.4 Å². The quantitative estimate of drug-likeness (QED) is 0.470. The van der Waals surface area contributed by atoms with Crippen LogP contribution < -0.4 is 16.1 Å². The van der Waals surface area contributed by atoms with E-state index in [0.717, 1.165) is 21.3 Å². The number of phenols is 1. The van der Waals surface area contributed by atoms with Crippen LogP contribution in [0.15, 0.2) is 92.8 Å². The highest BCUT2D eigenvalue weighted by Gasteiger charge is 2.67. The molecule has 1 aromatic heterocycles. The maximum atomic E-state index is 14.4. The average molecular weight is 566 g/mol. The Kier molecular flexibility index (Phi) is 5.42. The van der Waals surface area contributed by atoms with E-state index < -0.39 is 34.2 Å². The Labute approximate surface area is 241 Å². The van der Waals surface area contributed by atoms with E-state index in [9.17, 15) is 24.3 Å². The Morgan fingerprint density at radius 2 is 1.64 bits per heavy atom. The number of benzene rings is 2. The number of phenolic OH excluding ortho intramolecular Hbond substituents is 1. The number of ketones is 2. The van der Waals surface area contributed by atoms with Gasteiger partial charge in [0.05, 0.1) is 30.0 Å². The molecule has 0 unspecified atom stereocenters. The van der Waals surface area contributed by atoms with Gasteiger partial charge in [-0.2, -0.15) is 0 Å². The number of Topliss-reactive ketones (excluding diaryl/α,β-unsaturated/α-hetero) is 2. The summed E-state index contributed by atoms with van der Waals surface area (Å²) in [7, 11) is 0. The van der Waals surface area contributed by atoms with E-state index in [1.807, 2.05) is 26.0 Å². The molecule has 0 bridgehead atoms. The molecular formula is C33H31N3O6. The molecule has 4 atom stereocenters. The molecule has 0 saturated heterocycles. The van der Waals surface area contributed by atoms with Crippen LogP contribution in [0.2, 0.25) is 0 Å². The lowest BCUT2D eigenvalue weighted by Gasteiger charge is -2.59. The van der Waals surface area contributed by atoms with Gasteiger partial charge in [-0.1, -0.05) is 38.1 Å². The summed E-state index contributed by atoms with van der Waals surface area (Å²) in [5.74, 6) is -0.114. The monoisotopic (exact) mass is 565 g/mol. The van der Waals surface area contributed by atoms with Crippen molar-refractivity contribution in [3.05, 3.63) is 110 Å². The number of aromatic nitrogens is 3. The Hall–Kier alpha value is -4.66. The first-order valence-electron chi connectivity index (χ1n) is 14.1. The molecule has 2 aromatic carbocycles. The van der Waals surface area contributed by atoms with Crippen LogP contribution in [0.3, 0.4) is 0 Å². The van der Waals surface area contributed by atoms with Crippen LogP contribution in [-0.4, -0.2) is 30.6 Å². The van der Waals surface area contributed by atoms with Crippen molar-refractivity contribution in [3.8, 4) is 17.2 Å². The van der Waals surface area contributed by atoms with Gasteiger partial charge in [-0.15, -0.1) is 0 Å². The zero-order valence-electron chi connectivity index (χ0n) is 23.9. The van der Waals surface area contributed by atoms with E-state index >= 15 is 0 Å². The zero-order valence-corrected chi connectivity index (χ0v) is 23.9. The van der Waals surface area contributed by atoms with Crippen molar-refractivity contribution in [3.63, 3.8) is 0 Å². The molecule has 0 radical (unpaired) electrons. The molecule has 1 N–H and O–H groups in total. The fraction of sp³-hybridized carbons (Fsp3) is 0.333. The van der Waals surface area contributed by atoms with Gasteiger partial charge in [-0.05, 0) is 72.9 Å². The number of allylic oxidation sites excluding steroid dienone is 5. The second kappa shape index (κ2) is 8.67. The van der Waals surface area contributed by atoms with Gasteiger partial charge in [0.1, 0.15) is 11.5 Å². The summed E-state index contributed by atoms with van der Waals surface area (Å²) < 4.78 is 10.1. The van der Waals surface area contributed by atoms with Crippen molar-refractivity contribution in [1.82, 2.24) is 13.9 Å². The number of para-hydroxylation sites is 1. The molecule has 2 aliphatic carbocycles. The number of carbonyl (C=O) groups is 2. The average Bonchev–Trinajstić information content (AvgIpc) is 3.25. The van der Waals surface area contributed by atoms with Crippen molar-refractivity contribution in [1.29, 1.82) is 0 Å². The van der Waals surface area contributed by atoms with Gasteiger partial charge in [0.15, 0.2) is 11.6 Å². The summed E-state index contributed by atoms with van der Waals surface area (Å²) in [6, 6.07) is 13.0. The summed E-state index contributed by atoms with van der Waals surface area (Å²) in [5.41, 5.74) is 0.391. The summed E-state index contributed by atoms with van der Waals surface area (Å²) >= 11 is 0. The largest absolute Gasteiger partial charge is 0.508 e. The number of ether oxygens (including phenoxy) is 1. The highest BCUT2D eigenvalue weighted by Crippen LogP contribution is 2.65. The van der Waals surface area contributed by atoms with Crippen molar-refractivity contribution in [2.45, 2.75) is 53.1 Å². The minimum absolute atomic E-state index is 0.101. The lowest BCUT2D eigenvalue weighted by atomic mass is 9.43. The summed E-state index contributed by atoms with van der Waals surface area (Å²) in [5, 5.41) is 10.2. The summed E-state index contributed by atoms with van der Waals surface area (Å²) in [6.45, 7) is 7.23. The highest BCUT2D eigenvalue weighted by atomic mass is 16.5. The van der Waals surface area contributed by atoms with Gasteiger partial charge in [0.2, 0.25) is 0 Å². The Balaban J connectivity index is 1.46. The van der Waals surface area contributed by atoms with E-state index in [0.29, 0.717) is 29.0 Å². The van der Waals surface area contributed by atoms with E-state index in [2.05, 4.69) is 0 Å². The van der Waals surface area contributed by atoms with Crippen LogP contribution in [0.5, 0.6) is 11.5 Å². The molecule has 2 aliphatic heterocycles. The molecular weight excluding hydrogens is 534 g/mol. The highest BCUT2D eigenvalue weighted by molar-refractivity contribution is 6.17. The van der Waals surface area contributed by atoms with Gasteiger partial charge in [0, 0.05) is 23.3 Å². The SMILES string of the molecule is CC1=C(C)C(=O)[C@@]2(C)[C@@H](C3=COc4ccc(O)cc4C3)C3=CCn4c(=O)n(-c5ccccc5)c(=O)n4[C@@H]3C[C@@]2(C)C1=O. The summed E-state index contributed by atoms with van der Waals surface area (Å²) in [4.78, 5) is 56.2. The van der Waals surface area contributed by atoms with E-state index in [-0.39, 0.29) is 30.3 Å². The standard InChI is InChI=1S/C33H31N3O6/c1-18-19(2)29(39)33(4)27(21-14-20-15-23(37)10-11-26(20)42-17-21)24-12-13-34-30(40)35(22-8-6-5-7-9-22)31(41)36(34)25(24)16-32(33,3)28(18)38/h5-12,15,17,25,27,37H,13-14,16H2,1-4H3/t25-,27+,32+,33-/m1/s1. The maximum absolute atomic E-state index is 14.4.